The molecule has 0 N–H and O–H groups in total. The molecule has 0 spiro atoms. The largest absolute Gasteiger partial charge is 0.478 e. The molecule has 1 aliphatic heterocycles. The summed E-state index contributed by atoms with van der Waals surface area (Å²) < 4.78 is 19.2. The summed E-state index contributed by atoms with van der Waals surface area (Å²) in [5, 5.41) is -0.00429. The number of hydrogen-bond acceptors (Lipinski definition) is 3. The molecule has 23 heavy (non-hydrogen) atoms. The van der Waals surface area contributed by atoms with Crippen molar-refractivity contribution >= 4 is 17.7 Å². The number of hydrogen-bond donors (Lipinski definition) is 0. The third-order valence-corrected chi connectivity index (χ3v) is 5.01. The van der Waals surface area contributed by atoms with Gasteiger partial charge in [0.1, 0.15) is 5.37 Å². The van der Waals surface area contributed by atoms with Crippen LogP contribution in [0, 0.1) is 5.82 Å². The van der Waals surface area contributed by atoms with Gasteiger partial charge in [0.15, 0.2) is 17.7 Å². The van der Waals surface area contributed by atoms with E-state index in [0.29, 0.717) is 6.54 Å². The lowest BCUT2D eigenvalue weighted by atomic mass is 10.2. The molecule has 2 atom stereocenters. The maximum absolute atomic E-state index is 13.7. The number of rotatable bonds is 4. The molecule has 120 valence electrons. The van der Waals surface area contributed by atoms with Crippen LogP contribution in [0.25, 0.3) is 0 Å². The molecule has 5 heteroatoms. The zero-order valence-electron chi connectivity index (χ0n) is 12.8. The van der Waals surface area contributed by atoms with Crippen LogP contribution in [0.5, 0.6) is 5.75 Å². The molecular weight excluding hydrogens is 313 g/mol. The third-order valence-electron chi connectivity index (χ3n) is 3.75. The van der Waals surface area contributed by atoms with Gasteiger partial charge in [-0.05, 0) is 24.6 Å². The van der Waals surface area contributed by atoms with Gasteiger partial charge in [-0.15, -0.1) is 11.8 Å². The molecule has 2 aromatic rings. The fourth-order valence-corrected chi connectivity index (χ4v) is 3.87. The summed E-state index contributed by atoms with van der Waals surface area (Å²) in [5.41, 5.74) is 1.10. The second-order valence-electron chi connectivity index (χ2n) is 5.36. The monoisotopic (exact) mass is 331 g/mol. The number of benzene rings is 2. The highest BCUT2D eigenvalue weighted by Crippen LogP contribution is 2.38. The van der Waals surface area contributed by atoms with Crippen molar-refractivity contribution in [3.8, 4) is 5.75 Å². The Kier molecular flexibility index (Phi) is 4.86. The van der Waals surface area contributed by atoms with Crippen LogP contribution >= 0.6 is 11.8 Å². The number of nitrogens with zero attached hydrogens (tertiary/aromatic N) is 1. The lowest BCUT2D eigenvalue weighted by Crippen LogP contribution is -2.40. The van der Waals surface area contributed by atoms with Crippen molar-refractivity contribution in [3.05, 3.63) is 66.0 Å². The minimum atomic E-state index is -0.725. The van der Waals surface area contributed by atoms with Gasteiger partial charge in [-0.1, -0.05) is 42.5 Å². The van der Waals surface area contributed by atoms with Crippen molar-refractivity contribution in [2.24, 2.45) is 0 Å². The van der Waals surface area contributed by atoms with Crippen LogP contribution in [0.3, 0.4) is 0 Å². The lowest BCUT2D eigenvalue weighted by molar-refractivity contribution is -0.138. The topological polar surface area (TPSA) is 29.5 Å². The Morgan fingerprint density at radius 1 is 1.22 bits per heavy atom. The van der Waals surface area contributed by atoms with Crippen molar-refractivity contribution < 1.29 is 13.9 Å². The predicted octanol–water partition coefficient (Wildman–Crippen LogP) is 3.87. The van der Waals surface area contributed by atoms with Crippen molar-refractivity contribution in [1.29, 1.82) is 0 Å². The molecule has 3 nitrogen and oxygen atoms in total. The summed E-state index contributed by atoms with van der Waals surface area (Å²) in [5.74, 6) is 0.420. The molecule has 0 saturated carbocycles. The summed E-state index contributed by atoms with van der Waals surface area (Å²) in [6.07, 6.45) is -0.725. The van der Waals surface area contributed by atoms with E-state index in [-0.39, 0.29) is 17.0 Å². The Balaban J connectivity index is 1.73. The number of carbonyl (C=O) groups excluding carboxylic acids is 1. The van der Waals surface area contributed by atoms with Crippen LogP contribution in [0.4, 0.5) is 4.39 Å². The standard InChI is InChI=1S/C18H18FNO2S/c1-13(22-16-10-6-5-9-15(16)19)17(21)20-11-12-23-18(20)14-7-3-2-4-8-14/h2-10,13,18H,11-12H2,1H3. The maximum Gasteiger partial charge on any atom is 0.264 e. The minimum Gasteiger partial charge on any atom is -0.478 e. The molecule has 1 amide bonds. The predicted molar refractivity (Wildman–Crippen MR) is 89.8 cm³/mol. The fourth-order valence-electron chi connectivity index (χ4n) is 2.60. The average molecular weight is 331 g/mol. The Morgan fingerprint density at radius 2 is 1.91 bits per heavy atom. The van der Waals surface area contributed by atoms with E-state index in [2.05, 4.69) is 0 Å². The van der Waals surface area contributed by atoms with Crippen LogP contribution in [-0.4, -0.2) is 29.2 Å². The van der Waals surface area contributed by atoms with Crippen LogP contribution in [0.2, 0.25) is 0 Å². The van der Waals surface area contributed by atoms with Gasteiger partial charge in [-0.2, -0.15) is 0 Å². The number of ether oxygens (including phenoxy) is 1. The molecule has 0 aromatic heterocycles. The van der Waals surface area contributed by atoms with Crippen molar-refractivity contribution in [3.63, 3.8) is 0 Å². The molecule has 1 heterocycles. The summed E-state index contributed by atoms with van der Waals surface area (Å²) in [4.78, 5) is 14.5. The van der Waals surface area contributed by atoms with E-state index < -0.39 is 11.9 Å². The van der Waals surface area contributed by atoms with E-state index in [1.165, 1.54) is 12.1 Å². The first-order valence-corrected chi connectivity index (χ1v) is 8.60. The van der Waals surface area contributed by atoms with E-state index in [0.717, 1.165) is 11.3 Å². The van der Waals surface area contributed by atoms with Gasteiger partial charge in [-0.25, -0.2) is 4.39 Å². The summed E-state index contributed by atoms with van der Waals surface area (Å²) in [6.45, 7) is 2.34. The highest BCUT2D eigenvalue weighted by molar-refractivity contribution is 7.99. The summed E-state index contributed by atoms with van der Waals surface area (Å²) in [6, 6.07) is 16.1. The molecule has 2 unspecified atom stereocenters. The third kappa shape index (κ3) is 3.50. The van der Waals surface area contributed by atoms with Crippen LogP contribution in [0.15, 0.2) is 54.6 Å². The number of halogens is 1. The molecule has 0 aliphatic carbocycles. The Hall–Kier alpha value is -2.01. The first-order chi connectivity index (χ1) is 11.2. The molecule has 1 fully saturated rings. The van der Waals surface area contributed by atoms with Gasteiger partial charge in [-0.3, -0.25) is 4.79 Å². The number of thioether (sulfide) groups is 1. The highest BCUT2D eigenvalue weighted by Gasteiger charge is 2.33. The van der Waals surface area contributed by atoms with Gasteiger partial charge in [0.05, 0.1) is 0 Å². The molecule has 3 rings (SSSR count). The molecule has 2 aromatic carbocycles. The summed E-state index contributed by atoms with van der Waals surface area (Å²) >= 11 is 1.73. The molecule has 1 saturated heterocycles. The number of amides is 1. The maximum atomic E-state index is 13.7. The lowest BCUT2D eigenvalue weighted by Gasteiger charge is -2.27. The molecular formula is C18H18FNO2S. The first-order valence-electron chi connectivity index (χ1n) is 7.55. The van der Waals surface area contributed by atoms with Crippen molar-refractivity contribution in [1.82, 2.24) is 4.90 Å². The van der Waals surface area contributed by atoms with E-state index in [1.807, 2.05) is 35.2 Å². The van der Waals surface area contributed by atoms with E-state index >= 15 is 0 Å². The van der Waals surface area contributed by atoms with Crippen molar-refractivity contribution in [2.75, 3.05) is 12.3 Å². The van der Waals surface area contributed by atoms with Gasteiger partial charge in [0.2, 0.25) is 0 Å². The Bertz CT molecular complexity index is 680. The number of carbonyl (C=O) groups is 1. The Morgan fingerprint density at radius 3 is 2.65 bits per heavy atom. The average Bonchev–Trinajstić information content (AvgIpc) is 3.06. The van der Waals surface area contributed by atoms with Gasteiger partial charge in [0, 0.05) is 12.3 Å². The van der Waals surface area contributed by atoms with Crippen LogP contribution in [-0.2, 0) is 4.79 Å². The fraction of sp³-hybridized carbons (Fsp3) is 0.278. The molecule has 1 aliphatic rings. The second-order valence-corrected chi connectivity index (χ2v) is 6.54. The van der Waals surface area contributed by atoms with Gasteiger partial charge in [0.25, 0.3) is 5.91 Å². The van der Waals surface area contributed by atoms with E-state index in [9.17, 15) is 9.18 Å². The van der Waals surface area contributed by atoms with Crippen LogP contribution in [0.1, 0.15) is 17.9 Å². The Labute approximate surface area is 139 Å². The molecule has 0 radical (unpaired) electrons. The van der Waals surface area contributed by atoms with Gasteiger partial charge < -0.3 is 9.64 Å². The summed E-state index contributed by atoms with van der Waals surface area (Å²) in [7, 11) is 0. The normalized spacial score (nSPS) is 18.7. The van der Waals surface area contributed by atoms with E-state index in [4.69, 9.17) is 4.74 Å². The van der Waals surface area contributed by atoms with Crippen LogP contribution < -0.4 is 4.74 Å². The quantitative estimate of drug-likeness (QED) is 0.852. The number of para-hydroxylation sites is 1. The first kappa shape index (κ1) is 15.9. The SMILES string of the molecule is CC(Oc1ccccc1F)C(=O)N1CCSC1c1ccccc1. The zero-order chi connectivity index (χ0) is 16.2. The van der Waals surface area contributed by atoms with Gasteiger partial charge >= 0.3 is 0 Å². The van der Waals surface area contributed by atoms with Crippen molar-refractivity contribution in [2.45, 2.75) is 18.4 Å². The van der Waals surface area contributed by atoms with E-state index in [1.54, 1.807) is 30.8 Å². The molecule has 0 bridgehead atoms. The highest BCUT2D eigenvalue weighted by atomic mass is 32.2. The smallest absolute Gasteiger partial charge is 0.264 e. The minimum absolute atomic E-state index is 0.00429. The zero-order valence-corrected chi connectivity index (χ0v) is 13.6. The second kappa shape index (κ2) is 7.04.